The van der Waals surface area contributed by atoms with Gasteiger partial charge in [0.05, 0.1) is 17.1 Å². The van der Waals surface area contributed by atoms with Gasteiger partial charge < -0.3 is 0 Å². The van der Waals surface area contributed by atoms with Crippen molar-refractivity contribution in [2.24, 2.45) is 0 Å². The Labute approximate surface area is 143 Å². The van der Waals surface area contributed by atoms with E-state index in [1.807, 2.05) is 26.1 Å². The van der Waals surface area contributed by atoms with Gasteiger partial charge in [-0.1, -0.05) is 0 Å². The molecule has 132 valence electrons. The summed E-state index contributed by atoms with van der Waals surface area (Å²) in [6.45, 7) is 6.16. The highest BCUT2D eigenvalue weighted by atomic mass is 32.2. The number of sulfonamides is 1. The lowest BCUT2D eigenvalue weighted by atomic mass is 10.1. The third kappa shape index (κ3) is 3.18. The second kappa shape index (κ2) is 6.42. The van der Waals surface area contributed by atoms with Gasteiger partial charge in [-0.3, -0.25) is 9.30 Å². The average molecular weight is 351 g/mol. The summed E-state index contributed by atoms with van der Waals surface area (Å²) in [6, 6.07) is 2.04. The molecule has 1 fully saturated rings. The number of nitrogens with zero attached hydrogens (tertiary/aromatic N) is 5. The largest absolute Gasteiger partial charge is 0.296 e. The van der Waals surface area contributed by atoms with E-state index in [1.165, 1.54) is 4.31 Å². The minimum Gasteiger partial charge on any atom is -0.296 e. The number of imidazole rings is 1. The molecule has 8 heteroatoms. The van der Waals surface area contributed by atoms with Gasteiger partial charge in [-0.15, -0.1) is 0 Å². The van der Waals surface area contributed by atoms with E-state index in [4.69, 9.17) is 0 Å². The molecular weight excluding hydrogens is 326 g/mol. The summed E-state index contributed by atoms with van der Waals surface area (Å²) in [5.41, 5.74) is 3.10. The van der Waals surface area contributed by atoms with Crippen LogP contribution in [0.15, 0.2) is 12.3 Å². The zero-order valence-corrected chi connectivity index (χ0v) is 15.5. The maximum atomic E-state index is 12.4. The average Bonchev–Trinajstić information content (AvgIpc) is 2.90. The molecular formula is C16H25N5O2S. The highest BCUT2D eigenvalue weighted by Crippen LogP contribution is 2.21. The van der Waals surface area contributed by atoms with Crippen molar-refractivity contribution in [1.82, 2.24) is 23.6 Å². The van der Waals surface area contributed by atoms with Gasteiger partial charge in [0.15, 0.2) is 0 Å². The Hall–Kier alpha value is -1.51. The van der Waals surface area contributed by atoms with Gasteiger partial charge in [-0.2, -0.15) is 0 Å². The molecule has 2 aromatic rings. The van der Waals surface area contributed by atoms with Crippen LogP contribution < -0.4 is 0 Å². The van der Waals surface area contributed by atoms with Crippen LogP contribution in [0.2, 0.25) is 0 Å². The lowest BCUT2D eigenvalue weighted by molar-refractivity contribution is 0.217. The molecule has 0 N–H and O–H groups in total. The number of aromatic nitrogens is 3. The van der Waals surface area contributed by atoms with E-state index in [-0.39, 0.29) is 5.25 Å². The Morgan fingerprint density at radius 1 is 1.33 bits per heavy atom. The maximum Gasteiger partial charge on any atom is 0.234 e. The molecule has 0 amide bonds. The van der Waals surface area contributed by atoms with Crippen LogP contribution in [0.3, 0.4) is 0 Å². The van der Waals surface area contributed by atoms with Crippen LogP contribution in [-0.4, -0.2) is 64.4 Å². The smallest absolute Gasteiger partial charge is 0.234 e. The fourth-order valence-corrected chi connectivity index (χ4v) is 4.89. The minimum absolute atomic E-state index is 0.332. The lowest BCUT2D eigenvalue weighted by Crippen LogP contribution is -2.45. The zero-order chi connectivity index (χ0) is 17.5. The van der Waals surface area contributed by atoms with Crippen molar-refractivity contribution < 1.29 is 8.42 Å². The first-order valence-electron chi connectivity index (χ1n) is 8.23. The van der Waals surface area contributed by atoms with Crippen LogP contribution in [0.4, 0.5) is 0 Å². The summed E-state index contributed by atoms with van der Waals surface area (Å²) in [7, 11) is 0.00335. The summed E-state index contributed by atoms with van der Waals surface area (Å²) < 4.78 is 28.2. The lowest BCUT2D eigenvalue weighted by Gasteiger charge is -2.33. The van der Waals surface area contributed by atoms with Crippen molar-refractivity contribution in [1.29, 1.82) is 0 Å². The van der Waals surface area contributed by atoms with Gasteiger partial charge in [-0.25, -0.2) is 22.7 Å². The summed E-state index contributed by atoms with van der Waals surface area (Å²) in [5, 5.41) is -0.332. The normalized spacial score (nSPS) is 20.1. The molecule has 1 unspecified atom stereocenters. The molecule has 7 nitrogen and oxygen atoms in total. The monoisotopic (exact) mass is 351 g/mol. The van der Waals surface area contributed by atoms with E-state index in [9.17, 15) is 8.42 Å². The number of aryl methyl sites for hydroxylation is 2. The van der Waals surface area contributed by atoms with Crippen molar-refractivity contribution in [2.75, 3.05) is 27.2 Å². The Morgan fingerprint density at radius 2 is 2.08 bits per heavy atom. The van der Waals surface area contributed by atoms with E-state index in [0.29, 0.717) is 18.9 Å². The van der Waals surface area contributed by atoms with Gasteiger partial charge in [0.25, 0.3) is 0 Å². The molecule has 0 aromatic carbocycles. The second-order valence-corrected chi connectivity index (χ2v) is 9.18. The molecule has 0 radical (unpaired) electrons. The molecule has 1 saturated heterocycles. The van der Waals surface area contributed by atoms with Gasteiger partial charge in [0.2, 0.25) is 15.8 Å². The van der Waals surface area contributed by atoms with Crippen LogP contribution in [0.25, 0.3) is 5.78 Å². The second-order valence-electron chi connectivity index (χ2n) is 6.75. The number of fused-ring (bicyclic) bond motifs is 1. The third-order valence-electron chi connectivity index (χ3n) is 4.64. The Bertz CT molecular complexity index is 844. The molecule has 1 atom stereocenters. The molecule has 0 aliphatic carbocycles. The van der Waals surface area contributed by atoms with Crippen molar-refractivity contribution in [3.05, 3.63) is 29.3 Å². The van der Waals surface area contributed by atoms with Crippen LogP contribution in [-0.2, 0) is 16.6 Å². The molecule has 0 bridgehead atoms. The van der Waals surface area contributed by atoms with Crippen LogP contribution in [0.1, 0.15) is 29.9 Å². The summed E-state index contributed by atoms with van der Waals surface area (Å²) in [4.78, 5) is 11.1. The molecule has 1 aliphatic rings. The molecule has 24 heavy (non-hydrogen) atoms. The molecule has 0 saturated carbocycles. The molecule has 3 rings (SSSR count). The minimum atomic E-state index is -3.21. The molecule has 0 spiro atoms. The number of hydrogen-bond acceptors (Lipinski definition) is 5. The van der Waals surface area contributed by atoms with Crippen LogP contribution in [0, 0.1) is 13.8 Å². The van der Waals surface area contributed by atoms with Gasteiger partial charge in [-0.05, 0) is 39.3 Å². The quantitative estimate of drug-likeness (QED) is 0.828. The van der Waals surface area contributed by atoms with Gasteiger partial charge in [0.1, 0.15) is 0 Å². The van der Waals surface area contributed by atoms with Crippen molar-refractivity contribution >= 4 is 15.8 Å². The molecule has 2 aromatic heterocycles. The Kier molecular flexibility index (Phi) is 4.63. The fraction of sp³-hybridized carbons (Fsp3) is 0.625. The van der Waals surface area contributed by atoms with Crippen molar-refractivity contribution in [3.8, 4) is 0 Å². The first kappa shape index (κ1) is 17.3. The van der Waals surface area contributed by atoms with Crippen LogP contribution in [0.5, 0.6) is 0 Å². The maximum absolute atomic E-state index is 12.4. The summed E-state index contributed by atoms with van der Waals surface area (Å²) in [5.74, 6) is 0.706. The third-order valence-corrected chi connectivity index (χ3v) is 6.89. The van der Waals surface area contributed by atoms with Crippen LogP contribution >= 0.6 is 0 Å². The molecule has 1 aliphatic heterocycles. The Balaban J connectivity index is 1.82. The predicted molar refractivity (Wildman–Crippen MR) is 93.4 cm³/mol. The topological polar surface area (TPSA) is 70.8 Å². The summed E-state index contributed by atoms with van der Waals surface area (Å²) in [6.07, 6.45) is 3.47. The fourth-order valence-electron chi connectivity index (χ4n) is 3.43. The van der Waals surface area contributed by atoms with E-state index < -0.39 is 10.0 Å². The van der Waals surface area contributed by atoms with Gasteiger partial charge >= 0.3 is 0 Å². The van der Waals surface area contributed by atoms with E-state index >= 15 is 0 Å². The Morgan fingerprint density at radius 3 is 2.79 bits per heavy atom. The highest BCUT2D eigenvalue weighted by molar-refractivity contribution is 7.89. The van der Waals surface area contributed by atoms with Gasteiger partial charge in [0, 0.05) is 38.6 Å². The van der Waals surface area contributed by atoms with E-state index in [0.717, 1.165) is 36.5 Å². The van der Waals surface area contributed by atoms with Crippen molar-refractivity contribution in [3.63, 3.8) is 0 Å². The highest BCUT2D eigenvalue weighted by Gasteiger charge is 2.32. The molecule has 3 heterocycles. The van der Waals surface area contributed by atoms with Crippen molar-refractivity contribution in [2.45, 2.75) is 38.5 Å². The first-order chi connectivity index (χ1) is 11.3. The zero-order valence-electron chi connectivity index (χ0n) is 14.7. The van der Waals surface area contributed by atoms with E-state index in [2.05, 4.69) is 19.3 Å². The first-order valence-corrected chi connectivity index (χ1v) is 9.73. The number of rotatable bonds is 4. The number of piperidine rings is 1. The van der Waals surface area contributed by atoms with E-state index in [1.54, 1.807) is 14.1 Å². The summed E-state index contributed by atoms with van der Waals surface area (Å²) >= 11 is 0. The predicted octanol–water partition coefficient (Wildman–Crippen LogP) is 1.20. The number of hydrogen-bond donors (Lipinski definition) is 0. The number of likely N-dealkylation sites (tertiary alicyclic amines) is 1. The standard InChI is InChI=1S/C16H25N5O2S/c1-12-8-13(2)21-14(9-17-16(21)18-12)10-20-7-5-6-15(11-20)24(22,23)19(3)4/h8-9,15H,5-7,10-11H2,1-4H3. The SMILES string of the molecule is Cc1cc(C)n2c(CN3CCCC(S(=O)(=O)N(C)C)C3)cnc2n1.